The van der Waals surface area contributed by atoms with Crippen LogP contribution in [-0.4, -0.2) is 25.6 Å². The second-order valence-electron chi connectivity index (χ2n) is 7.33. The van der Waals surface area contributed by atoms with Crippen molar-refractivity contribution in [3.63, 3.8) is 0 Å². The highest BCUT2D eigenvalue weighted by Crippen LogP contribution is 2.38. The molecule has 1 aromatic carbocycles. The first-order chi connectivity index (χ1) is 12.9. The van der Waals surface area contributed by atoms with Gasteiger partial charge in [0.15, 0.2) is 0 Å². The lowest BCUT2D eigenvalue weighted by Crippen LogP contribution is -2.32. The lowest BCUT2D eigenvalue weighted by atomic mass is 9.97. The number of methoxy groups -OCH3 is 1. The van der Waals surface area contributed by atoms with E-state index in [1.54, 1.807) is 32.2 Å². The Hall–Kier alpha value is -1.82. The fourth-order valence-electron chi connectivity index (χ4n) is 3.56. The van der Waals surface area contributed by atoms with Crippen molar-refractivity contribution in [3.8, 4) is 0 Å². The monoisotopic (exact) mass is 380 g/mol. The fourth-order valence-corrected chi connectivity index (χ4v) is 3.56. The molecule has 1 saturated heterocycles. The number of rotatable bonds is 6. The number of aliphatic imine (C=N–C) groups is 1. The lowest BCUT2D eigenvalue weighted by molar-refractivity contribution is -0.138. The predicted molar refractivity (Wildman–Crippen MR) is 102 cm³/mol. The Balaban J connectivity index is 1.88. The molecule has 1 unspecified atom stereocenters. The van der Waals surface area contributed by atoms with E-state index in [1.165, 1.54) is 6.07 Å². The van der Waals surface area contributed by atoms with E-state index in [2.05, 4.69) is 10.3 Å². The van der Waals surface area contributed by atoms with Crippen LogP contribution in [-0.2, 0) is 17.3 Å². The molecule has 1 N–H and O–H groups in total. The van der Waals surface area contributed by atoms with Gasteiger partial charge in [-0.3, -0.25) is 0 Å². The molecule has 1 aliphatic heterocycles. The molecule has 2 fully saturated rings. The summed E-state index contributed by atoms with van der Waals surface area (Å²) >= 11 is 0. The molecule has 0 amide bonds. The molecule has 0 radical (unpaired) electrons. The Bertz CT molecular complexity index is 715. The number of ether oxygens (including phenoxy) is 1. The third-order valence-electron chi connectivity index (χ3n) is 5.30. The van der Waals surface area contributed by atoms with Crippen LogP contribution in [0, 0.1) is 5.92 Å². The maximum absolute atomic E-state index is 13.6. The van der Waals surface area contributed by atoms with E-state index in [-0.39, 0.29) is 6.04 Å². The van der Waals surface area contributed by atoms with Crippen LogP contribution in [0.25, 0.3) is 5.70 Å². The average molecular weight is 380 g/mol. The first kappa shape index (κ1) is 19.9. The van der Waals surface area contributed by atoms with Crippen LogP contribution >= 0.6 is 0 Å². The molecule has 0 aromatic heterocycles. The van der Waals surface area contributed by atoms with Gasteiger partial charge in [0, 0.05) is 5.56 Å². The smallest absolute Gasteiger partial charge is 0.416 e. The van der Waals surface area contributed by atoms with Gasteiger partial charge < -0.3 is 10.1 Å². The van der Waals surface area contributed by atoms with Crippen molar-refractivity contribution in [2.24, 2.45) is 10.9 Å². The first-order valence-corrected chi connectivity index (χ1v) is 9.65. The van der Waals surface area contributed by atoms with E-state index in [4.69, 9.17) is 4.74 Å². The molecule has 2 aliphatic rings. The molecule has 3 rings (SSSR count). The molecule has 0 spiro atoms. The second-order valence-corrected chi connectivity index (χ2v) is 7.33. The highest BCUT2D eigenvalue weighted by molar-refractivity contribution is 5.88. The van der Waals surface area contributed by atoms with Crippen molar-refractivity contribution in [1.29, 1.82) is 0 Å². The summed E-state index contributed by atoms with van der Waals surface area (Å²) < 4.78 is 46.3. The standard InChI is InChI=1S/C21H27F3N2O/c1-3-18(26-20(27-2)19-5-4-12-25-19)16-11-10-15(9-8-14-6-7-14)17(13-16)21(22,23)24/h3,10-11,13-14,19,25H,4-9,12H2,1-2H3/b18-3-,26-20?. The van der Waals surface area contributed by atoms with Crippen LogP contribution in [0.15, 0.2) is 29.3 Å². The minimum atomic E-state index is -4.37. The minimum absolute atomic E-state index is 0.0184. The zero-order valence-corrected chi connectivity index (χ0v) is 15.9. The quantitative estimate of drug-likeness (QED) is 0.543. The molecule has 3 nitrogen and oxygen atoms in total. The van der Waals surface area contributed by atoms with Gasteiger partial charge in [-0.1, -0.05) is 31.1 Å². The maximum atomic E-state index is 13.6. The van der Waals surface area contributed by atoms with Crippen LogP contribution < -0.4 is 5.32 Å². The van der Waals surface area contributed by atoms with E-state index in [1.807, 2.05) is 0 Å². The summed E-state index contributed by atoms with van der Waals surface area (Å²) in [5.74, 6) is 1.12. The van der Waals surface area contributed by atoms with Gasteiger partial charge in [-0.2, -0.15) is 13.2 Å². The van der Waals surface area contributed by atoms with Gasteiger partial charge in [-0.25, -0.2) is 4.99 Å². The molecule has 0 bridgehead atoms. The van der Waals surface area contributed by atoms with Gasteiger partial charge in [0.2, 0.25) is 5.90 Å². The van der Waals surface area contributed by atoms with E-state index < -0.39 is 11.7 Å². The number of hydrogen-bond acceptors (Lipinski definition) is 3. The molecule has 27 heavy (non-hydrogen) atoms. The van der Waals surface area contributed by atoms with Crippen molar-refractivity contribution in [1.82, 2.24) is 5.32 Å². The van der Waals surface area contributed by atoms with Crippen LogP contribution in [0.5, 0.6) is 0 Å². The molecule has 148 valence electrons. The Morgan fingerprint density at radius 2 is 2.07 bits per heavy atom. The van der Waals surface area contributed by atoms with Crippen LogP contribution in [0.2, 0.25) is 0 Å². The topological polar surface area (TPSA) is 33.6 Å². The highest BCUT2D eigenvalue weighted by atomic mass is 19.4. The molecular weight excluding hydrogens is 353 g/mol. The van der Waals surface area contributed by atoms with Gasteiger partial charge >= 0.3 is 6.18 Å². The molecular formula is C21H27F3N2O. The van der Waals surface area contributed by atoms with Crippen molar-refractivity contribution < 1.29 is 17.9 Å². The summed E-state index contributed by atoms with van der Waals surface area (Å²) in [6.45, 7) is 2.68. The Morgan fingerprint density at radius 3 is 2.63 bits per heavy atom. The number of nitrogens with one attached hydrogen (secondary N) is 1. The summed E-state index contributed by atoms with van der Waals surface area (Å²) in [6.07, 6.45) is 2.91. The van der Waals surface area contributed by atoms with Gasteiger partial charge in [0.25, 0.3) is 0 Å². The SMILES string of the molecule is C/C=C(\N=C(OC)C1CCCN1)c1ccc(CCC2CC2)c(C(F)(F)F)c1. The van der Waals surface area contributed by atoms with Crippen molar-refractivity contribution in [2.75, 3.05) is 13.7 Å². The molecule has 6 heteroatoms. The van der Waals surface area contributed by atoms with E-state index in [0.717, 1.165) is 38.6 Å². The van der Waals surface area contributed by atoms with E-state index in [0.29, 0.717) is 35.1 Å². The van der Waals surface area contributed by atoms with E-state index >= 15 is 0 Å². The fraction of sp³-hybridized carbons (Fsp3) is 0.571. The zero-order valence-electron chi connectivity index (χ0n) is 15.9. The Labute approximate surface area is 158 Å². The highest BCUT2D eigenvalue weighted by Gasteiger charge is 2.34. The molecule has 1 aliphatic carbocycles. The predicted octanol–water partition coefficient (Wildman–Crippen LogP) is 5.21. The summed E-state index contributed by atoms with van der Waals surface area (Å²) in [5, 5.41) is 3.30. The molecule has 1 atom stereocenters. The zero-order chi connectivity index (χ0) is 19.4. The lowest BCUT2D eigenvalue weighted by Gasteiger charge is -2.16. The van der Waals surface area contributed by atoms with Crippen LogP contribution in [0.1, 0.15) is 55.7 Å². The van der Waals surface area contributed by atoms with Gasteiger partial charge in [0.05, 0.1) is 24.4 Å². The molecule has 1 saturated carbocycles. The average Bonchev–Trinajstić information content (AvgIpc) is 3.32. The number of aryl methyl sites for hydroxylation is 1. The normalized spacial score (nSPS) is 21.6. The molecule has 1 heterocycles. The summed E-state index contributed by atoms with van der Waals surface area (Å²) in [5.41, 5.74) is 0.794. The number of hydrogen-bond donors (Lipinski definition) is 1. The number of nitrogens with zero attached hydrogens (tertiary/aromatic N) is 1. The summed E-state index contributed by atoms with van der Waals surface area (Å²) in [7, 11) is 1.55. The van der Waals surface area contributed by atoms with E-state index in [9.17, 15) is 13.2 Å². The van der Waals surface area contributed by atoms with Crippen LogP contribution in [0.4, 0.5) is 13.2 Å². The van der Waals surface area contributed by atoms with Crippen molar-refractivity contribution in [3.05, 3.63) is 41.0 Å². The number of benzene rings is 1. The Morgan fingerprint density at radius 1 is 1.30 bits per heavy atom. The summed E-state index contributed by atoms with van der Waals surface area (Å²) in [4.78, 5) is 4.53. The van der Waals surface area contributed by atoms with Gasteiger partial charge in [-0.05, 0) is 56.7 Å². The third kappa shape index (κ3) is 5.12. The number of allylic oxidation sites excluding steroid dienone is 1. The summed E-state index contributed by atoms with van der Waals surface area (Å²) in [6, 6.07) is 4.60. The molecule has 1 aromatic rings. The van der Waals surface area contributed by atoms with Gasteiger partial charge in [-0.15, -0.1) is 0 Å². The first-order valence-electron chi connectivity index (χ1n) is 9.65. The number of halogens is 3. The minimum Gasteiger partial charge on any atom is -0.483 e. The van der Waals surface area contributed by atoms with Crippen molar-refractivity contribution >= 4 is 11.6 Å². The second kappa shape index (κ2) is 8.46. The third-order valence-corrected chi connectivity index (χ3v) is 5.30. The maximum Gasteiger partial charge on any atom is 0.416 e. The van der Waals surface area contributed by atoms with Crippen LogP contribution in [0.3, 0.4) is 0 Å². The Kier molecular flexibility index (Phi) is 6.25. The van der Waals surface area contributed by atoms with Gasteiger partial charge in [0.1, 0.15) is 0 Å². The van der Waals surface area contributed by atoms with Crippen molar-refractivity contribution in [2.45, 2.75) is 57.7 Å². The number of alkyl halides is 3. The largest absolute Gasteiger partial charge is 0.483 e.